The lowest BCUT2D eigenvalue weighted by Crippen LogP contribution is -2.14. The van der Waals surface area contributed by atoms with Crippen LogP contribution in [0.3, 0.4) is 0 Å². The SMILES string of the molecule is COc1c(-c2ccc3cc(O)ccc3c2)cc(-c2ncccn2)cc1C(C)(C)C. The highest BCUT2D eigenvalue weighted by molar-refractivity contribution is 5.90. The first kappa shape index (κ1) is 18.9. The molecule has 0 saturated carbocycles. The number of phenols is 1. The van der Waals surface area contributed by atoms with Gasteiger partial charge in [-0.15, -0.1) is 0 Å². The Morgan fingerprint density at radius 2 is 1.52 bits per heavy atom. The van der Waals surface area contributed by atoms with Crippen molar-refractivity contribution in [2.75, 3.05) is 7.11 Å². The summed E-state index contributed by atoms with van der Waals surface area (Å²) in [6, 6.07) is 17.6. The van der Waals surface area contributed by atoms with E-state index in [1.165, 1.54) is 0 Å². The number of phenolic OH excluding ortho intramolecular Hbond substituents is 1. The van der Waals surface area contributed by atoms with Crippen molar-refractivity contribution >= 4 is 10.8 Å². The molecule has 146 valence electrons. The molecule has 0 fully saturated rings. The molecule has 1 N–H and O–H groups in total. The monoisotopic (exact) mass is 384 g/mol. The zero-order valence-corrected chi connectivity index (χ0v) is 17.1. The number of nitrogens with zero attached hydrogens (tertiary/aromatic N) is 2. The van der Waals surface area contributed by atoms with Gasteiger partial charge in [-0.05, 0) is 58.1 Å². The van der Waals surface area contributed by atoms with E-state index in [4.69, 9.17) is 4.74 Å². The standard InChI is InChI=1S/C25H24N2O2/c1-25(2,3)22-15-19(24-26-10-5-11-27-24)14-21(23(22)29-4)18-7-6-17-13-20(28)9-8-16(17)12-18/h5-15,28H,1-4H3. The molecular weight excluding hydrogens is 360 g/mol. The minimum Gasteiger partial charge on any atom is -0.508 e. The van der Waals surface area contributed by atoms with E-state index in [-0.39, 0.29) is 11.2 Å². The zero-order chi connectivity index (χ0) is 20.6. The molecular formula is C25H24N2O2. The van der Waals surface area contributed by atoms with Crippen molar-refractivity contribution in [1.82, 2.24) is 9.97 Å². The van der Waals surface area contributed by atoms with Gasteiger partial charge >= 0.3 is 0 Å². The average Bonchev–Trinajstić information content (AvgIpc) is 2.72. The van der Waals surface area contributed by atoms with Crippen LogP contribution in [0.5, 0.6) is 11.5 Å². The van der Waals surface area contributed by atoms with Gasteiger partial charge in [0.15, 0.2) is 5.82 Å². The molecule has 1 heterocycles. The van der Waals surface area contributed by atoms with Crippen LogP contribution in [0.25, 0.3) is 33.3 Å². The van der Waals surface area contributed by atoms with E-state index >= 15 is 0 Å². The molecule has 4 nitrogen and oxygen atoms in total. The predicted molar refractivity (Wildman–Crippen MR) is 117 cm³/mol. The van der Waals surface area contributed by atoms with Crippen molar-refractivity contribution in [2.24, 2.45) is 0 Å². The molecule has 4 aromatic rings. The summed E-state index contributed by atoms with van der Waals surface area (Å²) in [6.45, 7) is 6.52. The Balaban J connectivity index is 1.99. The quantitative estimate of drug-likeness (QED) is 0.472. The molecule has 0 aliphatic heterocycles. The van der Waals surface area contributed by atoms with Gasteiger partial charge in [0.1, 0.15) is 11.5 Å². The molecule has 3 aromatic carbocycles. The van der Waals surface area contributed by atoms with E-state index in [9.17, 15) is 5.11 Å². The zero-order valence-electron chi connectivity index (χ0n) is 17.1. The van der Waals surface area contributed by atoms with E-state index in [1.54, 1.807) is 31.6 Å². The lowest BCUT2D eigenvalue weighted by atomic mass is 9.82. The second kappa shape index (κ2) is 7.21. The van der Waals surface area contributed by atoms with E-state index in [0.717, 1.165) is 38.8 Å². The fourth-order valence-electron chi connectivity index (χ4n) is 3.60. The fourth-order valence-corrected chi connectivity index (χ4v) is 3.60. The van der Waals surface area contributed by atoms with Gasteiger partial charge in [0.2, 0.25) is 0 Å². The van der Waals surface area contributed by atoms with Gasteiger partial charge in [-0.2, -0.15) is 0 Å². The number of benzene rings is 3. The van der Waals surface area contributed by atoms with E-state index in [1.807, 2.05) is 18.2 Å². The van der Waals surface area contributed by atoms with Crippen LogP contribution in [-0.2, 0) is 5.41 Å². The molecule has 0 bridgehead atoms. The summed E-state index contributed by atoms with van der Waals surface area (Å²) in [5.74, 6) is 1.81. The third-order valence-electron chi connectivity index (χ3n) is 5.06. The maximum Gasteiger partial charge on any atom is 0.159 e. The normalized spacial score (nSPS) is 11.6. The summed E-state index contributed by atoms with van der Waals surface area (Å²) in [5, 5.41) is 11.8. The van der Waals surface area contributed by atoms with Gasteiger partial charge in [0.05, 0.1) is 7.11 Å². The van der Waals surface area contributed by atoms with Crippen LogP contribution < -0.4 is 4.74 Å². The van der Waals surface area contributed by atoms with Crippen molar-refractivity contribution in [3.05, 3.63) is 72.6 Å². The third-order valence-corrected chi connectivity index (χ3v) is 5.06. The number of rotatable bonds is 3. The van der Waals surface area contributed by atoms with Crippen molar-refractivity contribution in [3.63, 3.8) is 0 Å². The van der Waals surface area contributed by atoms with Crippen LogP contribution in [0.1, 0.15) is 26.3 Å². The van der Waals surface area contributed by atoms with E-state index in [0.29, 0.717) is 5.82 Å². The highest BCUT2D eigenvalue weighted by Crippen LogP contribution is 2.42. The summed E-state index contributed by atoms with van der Waals surface area (Å²) >= 11 is 0. The molecule has 4 heteroatoms. The van der Waals surface area contributed by atoms with Crippen molar-refractivity contribution in [3.8, 4) is 34.0 Å². The minimum absolute atomic E-state index is 0.118. The largest absolute Gasteiger partial charge is 0.508 e. The second-order valence-electron chi connectivity index (χ2n) is 8.17. The molecule has 0 aliphatic rings. The molecule has 0 aliphatic carbocycles. The second-order valence-corrected chi connectivity index (χ2v) is 8.17. The number of ether oxygens (including phenoxy) is 1. The first-order valence-electron chi connectivity index (χ1n) is 9.60. The summed E-state index contributed by atoms with van der Waals surface area (Å²) in [7, 11) is 1.71. The van der Waals surface area contributed by atoms with Gasteiger partial charge in [-0.25, -0.2) is 9.97 Å². The van der Waals surface area contributed by atoms with Crippen molar-refractivity contribution < 1.29 is 9.84 Å². The van der Waals surface area contributed by atoms with Gasteiger partial charge in [0.25, 0.3) is 0 Å². The van der Waals surface area contributed by atoms with Gasteiger partial charge < -0.3 is 9.84 Å². The molecule has 0 saturated heterocycles. The topological polar surface area (TPSA) is 55.2 Å². The molecule has 1 aromatic heterocycles. The maximum absolute atomic E-state index is 9.75. The highest BCUT2D eigenvalue weighted by atomic mass is 16.5. The predicted octanol–water partition coefficient (Wildman–Crippen LogP) is 5.98. The molecule has 4 rings (SSSR count). The van der Waals surface area contributed by atoms with E-state index < -0.39 is 0 Å². The Kier molecular flexibility index (Phi) is 4.71. The van der Waals surface area contributed by atoms with Crippen LogP contribution in [-0.4, -0.2) is 22.2 Å². The Bertz CT molecular complexity index is 1180. The minimum atomic E-state index is -0.118. The molecule has 0 atom stereocenters. The Morgan fingerprint density at radius 3 is 2.21 bits per heavy atom. The smallest absolute Gasteiger partial charge is 0.159 e. The van der Waals surface area contributed by atoms with E-state index in [2.05, 4.69) is 55.0 Å². The number of fused-ring (bicyclic) bond motifs is 1. The third kappa shape index (κ3) is 3.66. The maximum atomic E-state index is 9.75. The number of methoxy groups -OCH3 is 1. The molecule has 0 radical (unpaired) electrons. The van der Waals surface area contributed by atoms with Crippen LogP contribution in [0.15, 0.2) is 67.0 Å². The van der Waals surface area contributed by atoms with Gasteiger partial charge in [-0.1, -0.05) is 39.0 Å². The van der Waals surface area contributed by atoms with Crippen LogP contribution in [0.4, 0.5) is 0 Å². The molecule has 0 spiro atoms. The lowest BCUT2D eigenvalue weighted by Gasteiger charge is -2.25. The first-order valence-corrected chi connectivity index (χ1v) is 9.60. The van der Waals surface area contributed by atoms with Gasteiger partial charge in [-0.3, -0.25) is 0 Å². The fraction of sp³-hybridized carbons (Fsp3) is 0.200. The number of aromatic hydroxyl groups is 1. The lowest BCUT2D eigenvalue weighted by molar-refractivity contribution is 0.399. The molecule has 0 amide bonds. The Morgan fingerprint density at radius 1 is 0.828 bits per heavy atom. The van der Waals surface area contributed by atoms with Crippen molar-refractivity contribution in [2.45, 2.75) is 26.2 Å². The summed E-state index contributed by atoms with van der Waals surface area (Å²) in [4.78, 5) is 8.88. The summed E-state index contributed by atoms with van der Waals surface area (Å²) in [5.41, 5.74) is 3.98. The summed E-state index contributed by atoms with van der Waals surface area (Å²) < 4.78 is 5.90. The number of hydrogen-bond donors (Lipinski definition) is 1. The average molecular weight is 384 g/mol. The summed E-state index contributed by atoms with van der Waals surface area (Å²) in [6.07, 6.45) is 3.51. The Labute approximate surface area is 170 Å². The number of hydrogen-bond acceptors (Lipinski definition) is 4. The van der Waals surface area contributed by atoms with Crippen molar-refractivity contribution in [1.29, 1.82) is 0 Å². The highest BCUT2D eigenvalue weighted by Gasteiger charge is 2.24. The Hall–Kier alpha value is -3.40. The van der Waals surface area contributed by atoms with Crippen LogP contribution in [0.2, 0.25) is 0 Å². The van der Waals surface area contributed by atoms with Crippen LogP contribution >= 0.6 is 0 Å². The molecule has 29 heavy (non-hydrogen) atoms. The molecule has 0 unspecified atom stereocenters. The van der Waals surface area contributed by atoms with Crippen LogP contribution in [0, 0.1) is 0 Å². The first-order chi connectivity index (χ1) is 13.9. The number of aromatic nitrogens is 2. The van der Waals surface area contributed by atoms with Gasteiger partial charge in [0, 0.05) is 29.1 Å².